The van der Waals surface area contributed by atoms with Crippen molar-refractivity contribution in [3.05, 3.63) is 65.6 Å². The van der Waals surface area contributed by atoms with Crippen molar-refractivity contribution < 1.29 is 4.52 Å². The van der Waals surface area contributed by atoms with E-state index in [1.807, 2.05) is 12.1 Å². The van der Waals surface area contributed by atoms with Crippen LogP contribution >= 0.6 is 11.8 Å². The van der Waals surface area contributed by atoms with Crippen LogP contribution in [0.15, 0.2) is 52.4 Å². The van der Waals surface area contributed by atoms with Gasteiger partial charge in [0.05, 0.1) is 11.4 Å². The van der Waals surface area contributed by atoms with E-state index in [4.69, 9.17) is 4.52 Å². The van der Waals surface area contributed by atoms with Crippen LogP contribution in [0.2, 0.25) is 0 Å². The zero-order valence-electron chi connectivity index (χ0n) is 17.5. The Balaban J connectivity index is 1.66. The van der Waals surface area contributed by atoms with E-state index in [0.717, 1.165) is 34.5 Å². The van der Waals surface area contributed by atoms with Gasteiger partial charge in [0.2, 0.25) is 5.89 Å². The molecule has 0 saturated carbocycles. The number of hydrogen-bond acceptors (Lipinski definition) is 7. The number of thioether (sulfide) groups is 1. The molecule has 0 radical (unpaired) electrons. The Bertz CT molecular complexity index is 1140. The topological polar surface area (TPSA) is 82.5 Å². The van der Waals surface area contributed by atoms with Crippen molar-refractivity contribution in [2.24, 2.45) is 5.92 Å². The molecule has 0 saturated heterocycles. The van der Waals surface area contributed by atoms with Gasteiger partial charge in [0.15, 0.2) is 16.8 Å². The molecular weight excluding hydrogens is 396 g/mol. The summed E-state index contributed by atoms with van der Waals surface area (Å²) in [4.78, 5) is 8.61. The zero-order valence-corrected chi connectivity index (χ0v) is 18.3. The molecule has 3 aromatic heterocycles. The van der Waals surface area contributed by atoms with E-state index in [1.54, 1.807) is 12.4 Å². The van der Waals surface area contributed by atoms with Crippen molar-refractivity contribution in [2.45, 2.75) is 45.0 Å². The van der Waals surface area contributed by atoms with E-state index < -0.39 is 0 Å². The Morgan fingerprint density at radius 2 is 1.83 bits per heavy atom. The summed E-state index contributed by atoms with van der Waals surface area (Å²) in [5, 5.41) is 13.8. The lowest BCUT2D eigenvalue weighted by Crippen LogP contribution is -2.01. The maximum absolute atomic E-state index is 5.41. The number of hydrogen-bond donors (Lipinski definition) is 0. The molecule has 7 nitrogen and oxygen atoms in total. The molecule has 3 heterocycles. The lowest BCUT2D eigenvalue weighted by Gasteiger charge is -2.11. The molecule has 0 aliphatic heterocycles. The van der Waals surface area contributed by atoms with Crippen molar-refractivity contribution in [3.63, 3.8) is 0 Å². The number of benzene rings is 1. The Labute approximate surface area is 180 Å². The molecule has 0 aliphatic carbocycles. The molecule has 0 unspecified atom stereocenters. The molecule has 0 N–H and O–H groups in total. The van der Waals surface area contributed by atoms with E-state index >= 15 is 0 Å². The number of aromatic nitrogens is 6. The summed E-state index contributed by atoms with van der Waals surface area (Å²) >= 11 is 1.53. The summed E-state index contributed by atoms with van der Waals surface area (Å²) in [5.41, 5.74) is 4.44. The molecule has 154 valence electrons. The van der Waals surface area contributed by atoms with Gasteiger partial charge in [-0.3, -0.25) is 9.55 Å². The summed E-state index contributed by atoms with van der Waals surface area (Å²) in [7, 11) is 0. The van der Waals surface area contributed by atoms with Gasteiger partial charge in [-0.2, -0.15) is 4.98 Å². The van der Waals surface area contributed by atoms with Crippen molar-refractivity contribution in [1.29, 1.82) is 0 Å². The van der Waals surface area contributed by atoms with Crippen LogP contribution in [0.3, 0.4) is 0 Å². The van der Waals surface area contributed by atoms with Crippen LogP contribution in [0.25, 0.3) is 17.1 Å². The summed E-state index contributed by atoms with van der Waals surface area (Å²) in [5.74, 6) is 3.13. The second-order valence-corrected chi connectivity index (χ2v) is 8.58. The fourth-order valence-corrected chi connectivity index (χ4v) is 3.86. The van der Waals surface area contributed by atoms with E-state index in [1.165, 1.54) is 22.9 Å². The Morgan fingerprint density at radius 1 is 1.03 bits per heavy atom. The fraction of sp³-hybridized carbons (Fsp3) is 0.318. The second kappa shape index (κ2) is 8.79. The molecule has 0 fully saturated rings. The quantitative estimate of drug-likeness (QED) is 0.396. The highest BCUT2D eigenvalue weighted by molar-refractivity contribution is 7.98. The van der Waals surface area contributed by atoms with Crippen LogP contribution in [0.1, 0.15) is 36.7 Å². The minimum atomic E-state index is 0.485. The first-order valence-corrected chi connectivity index (χ1v) is 10.9. The number of pyridine rings is 1. The summed E-state index contributed by atoms with van der Waals surface area (Å²) in [6.45, 7) is 8.49. The first kappa shape index (κ1) is 20.3. The summed E-state index contributed by atoms with van der Waals surface area (Å²) in [6.07, 6.45) is 4.33. The summed E-state index contributed by atoms with van der Waals surface area (Å²) < 4.78 is 7.48. The van der Waals surface area contributed by atoms with Gasteiger partial charge >= 0.3 is 0 Å². The van der Waals surface area contributed by atoms with Crippen LogP contribution in [-0.4, -0.2) is 29.9 Å². The fourth-order valence-electron chi connectivity index (χ4n) is 3.07. The standard InChI is InChI=1S/C22H24N6OS/c1-14(2)11-19-24-20(29-27-19)13-30-22-26-25-21(17-7-9-23-10-8-17)28(22)18-6-5-15(3)16(4)12-18/h5-10,12,14H,11,13H2,1-4H3. The van der Waals surface area contributed by atoms with Crippen LogP contribution in [-0.2, 0) is 12.2 Å². The smallest absolute Gasteiger partial charge is 0.237 e. The minimum absolute atomic E-state index is 0.485. The maximum atomic E-state index is 5.41. The molecule has 0 bridgehead atoms. The number of aryl methyl sites for hydroxylation is 2. The third-order valence-corrected chi connectivity index (χ3v) is 5.66. The molecule has 0 atom stereocenters. The van der Waals surface area contributed by atoms with Gasteiger partial charge in [-0.1, -0.05) is 36.8 Å². The monoisotopic (exact) mass is 420 g/mol. The average Bonchev–Trinajstić information content (AvgIpc) is 3.35. The summed E-state index contributed by atoms with van der Waals surface area (Å²) in [6, 6.07) is 10.2. The van der Waals surface area contributed by atoms with Crippen molar-refractivity contribution in [1.82, 2.24) is 29.9 Å². The van der Waals surface area contributed by atoms with Gasteiger partial charge in [0.25, 0.3) is 0 Å². The minimum Gasteiger partial charge on any atom is -0.338 e. The SMILES string of the molecule is Cc1ccc(-n2c(SCc3nc(CC(C)C)no3)nnc2-c2ccncc2)cc1C. The molecular formula is C22H24N6OS. The molecule has 4 rings (SSSR count). The third-order valence-electron chi connectivity index (χ3n) is 4.75. The third kappa shape index (κ3) is 4.43. The van der Waals surface area contributed by atoms with E-state index in [9.17, 15) is 0 Å². The molecule has 4 aromatic rings. The molecule has 0 amide bonds. The van der Waals surface area contributed by atoms with Gasteiger partial charge in [-0.25, -0.2) is 0 Å². The lowest BCUT2D eigenvalue weighted by molar-refractivity contribution is 0.382. The van der Waals surface area contributed by atoms with E-state index in [-0.39, 0.29) is 0 Å². The van der Waals surface area contributed by atoms with Gasteiger partial charge < -0.3 is 4.52 Å². The molecule has 1 aromatic carbocycles. The second-order valence-electron chi connectivity index (χ2n) is 7.64. The largest absolute Gasteiger partial charge is 0.338 e. The first-order valence-electron chi connectivity index (χ1n) is 9.89. The lowest BCUT2D eigenvalue weighted by atomic mass is 10.1. The zero-order chi connectivity index (χ0) is 21.1. The Kier molecular flexibility index (Phi) is 5.94. The molecule has 8 heteroatoms. The van der Waals surface area contributed by atoms with E-state index in [0.29, 0.717) is 17.6 Å². The van der Waals surface area contributed by atoms with Crippen molar-refractivity contribution >= 4 is 11.8 Å². The number of rotatable bonds is 7. The van der Waals surface area contributed by atoms with Crippen LogP contribution < -0.4 is 0 Å². The van der Waals surface area contributed by atoms with Crippen LogP contribution in [0.4, 0.5) is 0 Å². The normalized spacial score (nSPS) is 11.4. The van der Waals surface area contributed by atoms with Gasteiger partial charge in [0, 0.05) is 24.4 Å². The molecule has 30 heavy (non-hydrogen) atoms. The van der Waals surface area contributed by atoms with Gasteiger partial charge in [0.1, 0.15) is 0 Å². The highest BCUT2D eigenvalue weighted by atomic mass is 32.2. The first-order chi connectivity index (χ1) is 14.5. The van der Waals surface area contributed by atoms with Crippen LogP contribution in [0, 0.1) is 19.8 Å². The van der Waals surface area contributed by atoms with Crippen molar-refractivity contribution in [2.75, 3.05) is 0 Å². The highest BCUT2D eigenvalue weighted by Crippen LogP contribution is 2.30. The average molecular weight is 421 g/mol. The van der Waals surface area contributed by atoms with Gasteiger partial charge in [-0.15, -0.1) is 10.2 Å². The van der Waals surface area contributed by atoms with E-state index in [2.05, 4.69) is 75.8 Å². The van der Waals surface area contributed by atoms with Crippen LogP contribution in [0.5, 0.6) is 0 Å². The maximum Gasteiger partial charge on any atom is 0.237 e. The molecule has 0 aliphatic rings. The van der Waals surface area contributed by atoms with Gasteiger partial charge in [-0.05, 0) is 55.2 Å². The Hall–Kier alpha value is -3.00. The highest BCUT2D eigenvalue weighted by Gasteiger charge is 2.18. The van der Waals surface area contributed by atoms with Crippen molar-refractivity contribution in [3.8, 4) is 17.1 Å². The predicted molar refractivity (Wildman–Crippen MR) is 116 cm³/mol. The number of nitrogens with zero attached hydrogens (tertiary/aromatic N) is 6. The predicted octanol–water partition coefficient (Wildman–Crippen LogP) is 4.82. The Morgan fingerprint density at radius 3 is 2.57 bits per heavy atom. The molecule has 0 spiro atoms.